The van der Waals surface area contributed by atoms with Gasteiger partial charge in [0.05, 0.1) is 6.04 Å². The van der Waals surface area contributed by atoms with Crippen molar-refractivity contribution in [3.8, 4) is 0 Å². The summed E-state index contributed by atoms with van der Waals surface area (Å²) in [7, 11) is 0. The third-order valence-corrected chi connectivity index (χ3v) is 4.04. The molecule has 1 aliphatic carbocycles. The number of halogens is 1. The predicted octanol–water partition coefficient (Wildman–Crippen LogP) is 0.911. The second kappa shape index (κ2) is 11.2. The van der Waals surface area contributed by atoms with Gasteiger partial charge in [-0.15, -0.1) is 12.4 Å². The molecule has 1 aliphatic rings. The Morgan fingerprint density at radius 1 is 1.30 bits per heavy atom. The van der Waals surface area contributed by atoms with Crippen LogP contribution in [0, 0.1) is 5.92 Å². The first kappa shape index (κ1) is 19.5. The first-order valence-corrected chi connectivity index (χ1v) is 8.34. The molecule has 4 N–H and O–H groups in total. The van der Waals surface area contributed by atoms with Gasteiger partial charge >= 0.3 is 0 Å². The van der Waals surface area contributed by atoms with Gasteiger partial charge in [0.1, 0.15) is 0 Å². The van der Waals surface area contributed by atoms with E-state index in [2.05, 4.69) is 10.6 Å². The first-order chi connectivity index (χ1) is 9.15. The van der Waals surface area contributed by atoms with Crippen LogP contribution in [-0.4, -0.2) is 43.0 Å². The standard InChI is InChI=1S/C13H25N3O2S.ClH/c1-19-9-6-11(14)13(18)16-8-3-7-15-12(17)10-4-2-5-10;/h10-11H,2-9,14H2,1H3,(H,15,17)(H,16,18);1H/t11-;/m0./s1. The van der Waals surface area contributed by atoms with E-state index in [1.54, 1.807) is 11.8 Å². The van der Waals surface area contributed by atoms with Crippen LogP contribution in [-0.2, 0) is 9.59 Å². The van der Waals surface area contributed by atoms with Gasteiger partial charge in [-0.2, -0.15) is 11.8 Å². The van der Waals surface area contributed by atoms with Gasteiger partial charge in [0.25, 0.3) is 0 Å². The molecule has 0 aromatic rings. The number of amides is 2. The summed E-state index contributed by atoms with van der Waals surface area (Å²) in [5.74, 6) is 1.19. The van der Waals surface area contributed by atoms with E-state index in [9.17, 15) is 9.59 Å². The molecule has 20 heavy (non-hydrogen) atoms. The molecule has 7 heteroatoms. The first-order valence-electron chi connectivity index (χ1n) is 6.95. The molecule has 1 atom stereocenters. The molecule has 0 saturated heterocycles. The molecule has 0 aromatic heterocycles. The molecule has 0 aliphatic heterocycles. The lowest BCUT2D eigenvalue weighted by Crippen LogP contribution is -2.42. The summed E-state index contributed by atoms with van der Waals surface area (Å²) < 4.78 is 0. The van der Waals surface area contributed by atoms with Crippen LogP contribution in [0.25, 0.3) is 0 Å². The fraction of sp³-hybridized carbons (Fsp3) is 0.846. The van der Waals surface area contributed by atoms with Crippen molar-refractivity contribution in [1.82, 2.24) is 10.6 Å². The predicted molar refractivity (Wildman–Crippen MR) is 86.2 cm³/mol. The molecule has 2 amide bonds. The number of thioether (sulfide) groups is 1. The molecule has 1 fully saturated rings. The molecule has 1 rings (SSSR count). The van der Waals surface area contributed by atoms with Crippen LogP contribution in [0.5, 0.6) is 0 Å². The highest BCUT2D eigenvalue weighted by atomic mass is 35.5. The Hall–Kier alpha value is -0.460. The quantitative estimate of drug-likeness (QED) is 0.551. The normalized spacial score (nSPS) is 15.7. The summed E-state index contributed by atoms with van der Waals surface area (Å²) in [6.45, 7) is 1.19. The number of hydrogen-bond acceptors (Lipinski definition) is 4. The molecule has 0 aromatic carbocycles. The van der Waals surface area contributed by atoms with Gasteiger partial charge in [-0.3, -0.25) is 9.59 Å². The third-order valence-electron chi connectivity index (χ3n) is 3.40. The molecule has 118 valence electrons. The Balaban J connectivity index is 0.00000361. The smallest absolute Gasteiger partial charge is 0.236 e. The maximum Gasteiger partial charge on any atom is 0.236 e. The minimum Gasteiger partial charge on any atom is -0.356 e. The third kappa shape index (κ3) is 7.36. The van der Waals surface area contributed by atoms with Crippen LogP contribution in [0.2, 0.25) is 0 Å². The van der Waals surface area contributed by atoms with Crippen LogP contribution in [0.3, 0.4) is 0 Å². The zero-order valence-corrected chi connectivity index (χ0v) is 13.7. The maximum atomic E-state index is 11.6. The molecular formula is C13H26ClN3O2S. The van der Waals surface area contributed by atoms with Gasteiger partial charge in [-0.25, -0.2) is 0 Å². The Bertz CT molecular complexity index is 301. The minimum atomic E-state index is -0.419. The number of rotatable bonds is 9. The van der Waals surface area contributed by atoms with E-state index >= 15 is 0 Å². The fourth-order valence-corrected chi connectivity index (χ4v) is 2.32. The number of nitrogens with one attached hydrogen (secondary N) is 2. The molecule has 0 heterocycles. The lowest BCUT2D eigenvalue weighted by molar-refractivity contribution is -0.127. The molecule has 0 spiro atoms. The van der Waals surface area contributed by atoms with Crippen molar-refractivity contribution in [2.24, 2.45) is 11.7 Å². The molecule has 1 saturated carbocycles. The SMILES string of the molecule is CSCC[C@H](N)C(=O)NCCCNC(=O)C1CCC1.Cl. The average Bonchev–Trinajstić information content (AvgIpc) is 2.33. The number of carbonyl (C=O) groups excluding carboxylic acids is 2. The van der Waals surface area contributed by atoms with Crippen LogP contribution < -0.4 is 16.4 Å². The van der Waals surface area contributed by atoms with Crippen LogP contribution in [0.15, 0.2) is 0 Å². The van der Waals surface area contributed by atoms with E-state index in [0.717, 1.165) is 25.0 Å². The van der Waals surface area contributed by atoms with E-state index in [-0.39, 0.29) is 30.1 Å². The van der Waals surface area contributed by atoms with Crippen molar-refractivity contribution >= 4 is 36.0 Å². The van der Waals surface area contributed by atoms with E-state index in [1.165, 1.54) is 6.42 Å². The number of nitrogens with two attached hydrogens (primary N) is 1. The second-order valence-electron chi connectivity index (χ2n) is 4.95. The van der Waals surface area contributed by atoms with Crippen LogP contribution >= 0.6 is 24.2 Å². The van der Waals surface area contributed by atoms with E-state index in [4.69, 9.17) is 5.73 Å². The van der Waals surface area contributed by atoms with Crippen molar-refractivity contribution < 1.29 is 9.59 Å². The Morgan fingerprint density at radius 3 is 2.50 bits per heavy atom. The van der Waals surface area contributed by atoms with Crippen molar-refractivity contribution in [2.45, 2.75) is 38.1 Å². The van der Waals surface area contributed by atoms with Gasteiger partial charge < -0.3 is 16.4 Å². The van der Waals surface area contributed by atoms with Crippen molar-refractivity contribution in [1.29, 1.82) is 0 Å². The van der Waals surface area contributed by atoms with E-state index in [1.807, 2.05) is 6.26 Å². The monoisotopic (exact) mass is 323 g/mol. The zero-order chi connectivity index (χ0) is 14.1. The van der Waals surface area contributed by atoms with Crippen LogP contribution in [0.1, 0.15) is 32.1 Å². The summed E-state index contributed by atoms with van der Waals surface area (Å²) in [5, 5.41) is 5.69. The van der Waals surface area contributed by atoms with Crippen molar-refractivity contribution in [3.63, 3.8) is 0 Å². The van der Waals surface area contributed by atoms with Gasteiger partial charge in [0.15, 0.2) is 0 Å². The highest BCUT2D eigenvalue weighted by molar-refractivity contribution is 7.98. The van der Waals surface area contributed by atoms with E-state index < -0.39 is 6.04 Å². The van der Waals surface area contributed by atoms with E-state index in [0.29, 0.717) is 19.5 Å². The summed E-state index contributed by atoms with van der Waals surface area (Å²) in [5.41, 5.74) is 5.74. The number of hydrogen-bond donors (Lipinski definition) is 3. The molecule has 5 nitrogen and oxygen atoms in total. The Labute approximate surface area is 131 Å². The van der Waals surface area contributed by atoms with Gasteiger partial charge in [0.2, 0.25) is 11.8 Å². The number of carbonyl (C=O) groups is 2. The lowest BCUT2D eigenvalue weighted by atomic mass is 9.85. The topological polar surface area (TPSA) is 84.2 Å². The average molecular weight is 324 g/mol. The van der Waals surface area contributed by atoms with Crippen molar-refractivity contribution in [2.75, 3.05) is 25.1 Å². The molecule has 0 unspecified atom stereocenters. The lowest BCUT2D eigenvalue weighted by Gasteiger charge is -2.24. The van der Waals surface area contributed by atoms with Gasteiger partial charge in [0, 0.05) is 19.0 Å². The Morgan fingerprint density at radius 2 is 1.95 bits per heavy atom. The summed E-state index contributed by atoms with van der Waals surface area (Å²) in [6, 6.07) is -0.419. The fourth-order valence-electron chi connectivity index (χ4n) is 1.83. The summed E-state index contributed by atoms with van der Waals surface area (Å²) in [6.07, 6.45) is 6.65. The largest absolute Gasteiger partial charge is 0.356 e. The summed E-state index contributed by atoms with van der Waals surface area (Å²) >= 11 is 1.69. The maximum absolute atomic E-state index is 11.6. The minimum absolute atomic E-state index is 0. The highest BCUT2D eigenvalue weighted by Gasteiger charge is 2.24. The molecule has 0 radical (unpaired) electrons. The zero-order valence-electron chi connectivity index (χ0n) is 12.0. The Kier molecular flexibility index (Phi) is 11.0. The molecule has 0 bridgehead atoms. The van der Waals surface area contributed by atoms with Gasteiger partial charge in [-0.1, -0.05) is 6.42 Å². The highest BCUT2D eigenvalue weighted by Crippen LogP contribution is 2.25. The van der Waals surface area contributed by atoms with Crippen molar-refractivity contribution in [3.05, 3.63) is 0 Å². The van der Waals surface area contributed by atoms with Crippen LogP contribution in [0.4, 0.5) is 0 Å². The second-order valence-corrected chi connectivity index (χ2v) is 5.94. The van der Waals surface area contributed by atoms with Gasteiger partial charge in [-0.05, 0) is 37.7 Å². The molecular weight excluding hydrogens is 298 g/mol. The summed E-state index contributed by atoms with van der Waals surface area (Å²) in [4.78, 5) is 23.1.